The zero-order valence-electron chi connectivity index (χ0n) is 17.1. The number of sulfonamides is 1. The number of nitrogens with two attached hydrogens (primary N) is 1. The average molecular weight is 456 g/mol. The van der Waals surface area contributed by atoms with Crippen molar-refractivity contribution in [2.24, 2.45) is 5.73 Å². The largest absolute Gasteiger partial charge is 0.480 e. The molecule has 0 aliphatic carbocycles. The molecule has 0 saturated carbocycles. The number of benzene rings is 1. The molecule has 11 nitrogen and oxygen atoms in total. The Morgan fingerprint density at radius 2 is 1.90 bits per heavy atom. The van der Waals surface area contributed by atoms with Gasteiger partial charge in [-0.3, -0.25) is 4.79 Å². The Kier molecular flexibility index (Phi) is 9.21. The van der Waals surface area contributed by atoms with Crippen molar-refractivity contribution < 1.29 is 27.9 Å². The van der Waals surface area contributed by atoms with Crippen LogP contribution in [-0.2, 0) is 19.6 Å². The van der Waals surface area contributed by atoms with Gasteiger partial charge in [-0.1, -0.05) is 18.2 Å². The summed E-state index contributed by atoms with van der Waals surface area (Å²) in [6.07, 6.45) is 2.41. The highest BCUT2D eigenvalue weighted by Crippen LogP contribution is 2.21. The van der Waals surface area contributed by atoms with Crippen molar-refractivity contribution in [3.63, 3.8) is 0 Å². The summed E-state index contributed by atoms with van der Waals surface area (Å²) in [5, 5.41) is 17.5. The summed E-state index contributed by atoms with van der Waals surface area (Å²) in [4.78, 5) is 36.8. The standard InChI is InChI=1S/C19H29N5O6S/c20-10-4-5-11-22-19(28)23-13-16(18(26)27)24(17(25)15-9-6-12-21-15)31(29,30)14-7-2-1-3-8-14/h1-3,7-8,15-16,21H,4-6,9-13,20H2,(H,26,27)(H2,22,23,28)/t15-,16-/m0/s1. The van der Waals surface area contributed by atoms with Crippen molar-refractivity contribution >= 4 is 27.9 Å². The molecule has 0 bridgehead atoms. The number of hydrogen-bond acceptors (Lipinski definition) is 7. The van der Waals surface area contributed by atoms with E-state index in [1.807, 2.05) is 0 Å². The molecule has 1 saturated heterocycles. The first-order valence-corrected chi connectivity index (χ1v) is 11.5. The molecule has 1 aromatic rings. The normalized spacial score (nSPS) is 17.0. The summed E-state index contributed by atoms with van der Waals surface area (Å²) < 4.78 is 26.9. The van der Waals surface area contributed by atoms with Crippen LogP contribution >= 0.6 is 0 Å². The maximum atomic E-state index is 13.2. The van der Waals surface area contributed by atoms with Crippen LogP contribution in [0.4, 0.5) is 4.79 Å². The molecule has 2 rings (SSSR count). The highest BCUT2D eigenvalue weighted by molar-refractivity contribution is 7.89. The number of carbonyl (C=O) groups excluding carboxylic acids is 2. The fourth-order valence-electron chi connectivity index (χ4n) is 3.19. The van der Waals surface area contributed by atoms with Crippen molar-refractivity contribution in [1.29, 1.82) is 0 Å². The van der Waals surface area contributed by atoms with Gasteiger partial charge in [-0.05, 0) is 50.9 Å². The Bertz CT molecular complexity index is 858. The number of carboxylic acid groups (broad SMARTS) is 1. The summed E-state index contributed by atoms with van der Waals surface area (Å²) >= 11 is 0. The molecule has 0 aromatic heterocycles. The van der Waals surface area contributed by atoms with E-state index in [1.165, 1.54) is 24.3 Å². The molecule has 1 aromatic carbocycles. The molecule has 0 radical (unpaired) electrons. The molecule has 172 valence electrons. The fraction of sp³-hybridized carbons (Fsp3) is 0.526. The van der Waals surface area contributed by atoms with Gasteiger partial charge in [0.15, 0.2) is 6.04 Å². The Balaban J connectivity index is 2.25. The summed E-state index contributed by atoms with van der Waals surface area (Å²) in [6.45, 7) is 0.755. The van der Waals surface area contributed by atoms with Gasteiger partial charge >= 0.3 is 12.0 Å². The second-order valence-corrected chi connectivity index (χ2v) is 8.90. The lowest BCUT2D eigenvalue weighted by Gasteiger charge is -2.30. The third-order valence-electron chi connectivity index (χ3n) is 4.82. The summed E-state index contributed by atoms with van der Waals surface area (Å²) in [7, 11) is -4.48. The number of urea groups is 1. The zero-order chi connectivity index (χ0) is 22.9. The topological polar surface area (TPSA) is 171 Å². The highest BCUT2D eigenvalue weighted by atomic mass is 32.2. The van der Waals surface area contributed by atoms with Crippen LogP contribution < -0.4 is 21.7 Å². The van der Waals surface area contributed by atoms with E-state index >= 15 is 0 Å². The minimum atomic E-state index is -4.48. The smallest absolute Gasteiger partial charge is 0.329 e. The monoisotopic (exact) mass is 455 g/mol. The van der Waals surface area contributed by atoms with E-state index in [0.717, 1.165) is 0 Å². The first-order valence-electron chi connectivity index (χ1n) is 10.1. The van der Waals surface area contributed by atoms with Crippen LogP contribution in [-0.4, -0.2) is 74.0 Å². The summed E-state index contributed by atoms with van der Waals surface area (Å²) in [6, 6.07) is 3.85. The van der Waals surface area contributed by atoms with Gasteiger partial charge in [-0.15, -0.1) is 0 Å². The Hall–Kier alpha value is -2.70. The highest BCUT2D eigenvalue weighted by Gasteiger charge is 2.43. The summed E-state index contributed by atoms with van der Waals surface area (Å²) in [5.74, 6) is -2.41. The predicted octanol–water partition coefficient (Wildman–Crippen LogP) is -0.553. The van der Waals surface area contributed by atoms with Crippen molar-refractivity contribution in [1.82, 2.24) is 20.3 Å². The van der Waals surface area contributed by atoms with Gasteiger partial charge in [0.1, 0.15) is 0 Å². The van der Waals surface area contributed by atoms with Crippen LogP contribution in [0, 0.1) is 0 Å². The lowest BCUT2D eigenvalue weighted by Crippen LogP contribution is -2.57. The molecule has 1 fully saturated rings. The Labute approximate surface area is 181 Å². The molecule has 3 amide bonds. The van der Waals surface area contributed by atoms with E-state index in [4.69, 9.17) is 5.73 Å². The fourth-order valence-corrected chi connectivity index (χ4v) is 4.78. The van der Waals surface area contributed by atoms with E-state index in [1.54, 1.807) is 6.07 Å². The van der Waals surface area contributed by atoms with Crippen LogP contribution in [0.15, 0.2) is 35.2 Å². The Morgan fingerprint density at radius 3 is 2.48 bits per heavy atom. The Morgan fingerprint density at radius 1 is 1.19 bits per heavy atom. The minimum absolute atomic E-state index is 0.209. The molecule has 2 atom stereocenters. The zero-order valence-corrected chi connectivity index (χ0v) is 17.9. The van der Waals surface area contributed by atoms with Gasteiger partial charge in [-0.25, -0.2) is 22.3 Å². The number of carbonyl (C=O) groups is 3. The van der Waals surface area contributed by atoms with Crippen LogP contribution in [0.1, 0.15) is 25.7 Å². The molecular weight excluding hydrogens is 426 g/mol. The van der Waals surface area contributed by atoms with Crippen molar-refractivity contribution in [2.75, 3.05) is 26.2 Å². The van der Waals surface area contributed by atoms with Crippen LogP contribution in [0.25, 0.3) is 0 Å². The van der Waals surface area contributed by atoms with Crippen LogP contribution in [0.3, 0.4) is 0 Å². The maximum Gasteiger partial charge on any atom is 0.329 e. The molecular formula is C19H29N5O6S. The van der Waals surface area contributed by atoms with E-state index in [2.05, 4.69) is 16.0 Å². The molecule has 12 heteroatoms. The molecule has 31 heavy (non-hydrogen) atoms. The van der Waals surface area contributed by atoms with Crippen LogP contribution in [0.2, 0.25) is 0 Å². The minimum Gasteiger partial charge on any atom is -0.480 e. The third kappa shape index (κ3) is 6.64. The third-order valence-corrected chi connectivity index (χ3v) is 6.64. The van der Waals surface area contributed by atoms with E-state index < -0.39 is 46.6 Å². The lowest BCUT2D eigenvalue weighted by molar-refractivity contribution is -0.146. The lowest BCUT2D eigenvalue weighted by atomic mass is 10.2. The van der Waals surface area contributed by atoms with Crippen LogP contribution in [0.5, 0.6) is 0 Å². The number of nitrogens with one attached hydrogen (secondary N) is 3. The second kappa shape index (κ2) is 11.6. The van der Waals surface area contributed by atoms with Gasteiger partial charge < -0.3 is 26.8 Å². The number of amides is 3. The van der Waals surface area contributed by atoms with Crippen molar-refractivity contribution in [3.05, 3.63) is 30.3 Å². The number of carboxylic acids is 1. The molecule has 6 N–H and O–H groups in total. The SMILES string of the molecule is NCCCCNC(=O)NC[C@@H](C(=O)O)N(C(=O)[C@@H]1CCCN1)S(=O)(=O)c1ccccc1. The first kappa shape index (κ1) is 24.6. The quantitative estimate of drug-likeness (QED) is 0.277. The molecule has 0 unspecified atom stereocenters. The average Bonchev–Trinajstić information content (AvgIpc) is 3.29. The summed E-state index contributed by atoms with van der Waals surface area (Å²) in [5.41, 5.74) is 5.39. The molecule has 1 aliphatic rings. The van der Waals surface area contributed by atoms with Gasteiger partial charge in [-0.2, -0.15) is 0 Å². The van der Waals surface area contributed by atoms with Crippen molar-refractivity contribution in [2.45, 2.75) is 42.7 Å². The van der Waals surface area contributed by atoms with Gasteiger partial charge in [0.05, 0.1) is 17.5 Å². The van der Waals surface area contributed by atoms with E-state index in [-0.39, 0.29) is 4.90 Å². The van der Waals surface area contributed by atoms with Gasteiger partial charge in [0, 0.05) is 6.54 Å². The second-order valence-electron chi connectivity index (χ2n) is 7.09. The van der Waals surface area contributed by atoms with Crippen molar-refractivity contribution in [3.8, 4) is 0 Å². The molecule has 1 aliphatic heterocycles. The van der Waals surface area contributed by atoms with E-state index in [0.29, 0.717) is 49.6 Å². The predicted molar refractivity (Wildman–Crippen MR) is 113 cm³/mol. The van der Waals surface area contributed by atoms with E-state index in [9.17, 15) is 27.9 Å². The molecule has 0 spiro atoms. The van der Waals surface area contributed by atoms with Gasteiger partial charge in [0.25, 0.3) is 15.9 Å². The van der Waals surface area contributed by atoms with Gasteiger partial charge in [0.2, 0.25) is 0 Å². The number of rotatable bonds is 11. The maximum absolute atomic E-state index is 13.2. The first-order chi connectivity index (χ1) is 14.8. The number of nitrogens with zero attached hydrogens (tertiary/aromatic N) is 1. The number of hydrogen-bond donors (Lipinski definition) is 5. The molecule has 1 heterocycles. The number of unbranched alkanes of at least 4 members (excludes halogenated alkanes) is 1. The number of aliphatic carboxylic acids is 1.